The number of aryl methyl sites for hydroxylation is 1. The van der Waals surface area contributed by atoms with E-state index in [1.54, 1.807) is 23.9 Å². The van der Waals surface area contributed by atoms with Crippen LogP contribution >= 0.6 is 23.1 Å². The highest BCUT2D eigenvalue weighted by Gasteiger charge is 2.27. The standard InChI is InChI=1S/C22H26N2O4S2/c1-13(2)29-15-11-9-14(10-12-15)19(25)23-21-18(20(26)24-22(27)28-3)16-7-5-4-6-8-17(16)30-21/h9-13H,4-8H2,1-3H3,(H,23,25)(H,24,26,27). The third-order valence-corrected chi connectivity index (χ3v) is 6.99. The first-order chi connectivity index (χ1) is 14.4. The average Bonchev–Trinajstić information content (AvgIpc) is 2.88. The number of fused-ring (bicyclic) bond motifs is 1. The van der Waals surface area contributed by atoms with Gasteiger partial charge in [0, 0.05) is 20.6 Å². The second-order valence-electron chi connectivity index (χ2n) is 7.36. The number of alkyl carbamates (subject to hydrolysis) is 1. The molecule has 2 aromatic rings. The molecule has 0 aliphatic heterocycles. The summed E-state index contributed by atoms with van der Waals surface area (Å²) in [5, 5.41) is 6.07. The normalized spacial score (nSPS) is 13.3. The van der Waals surface area contributed by atoms with Gasteiger partial charge in [-0.15, -0.1) is 23.1 Å². The molecule has 0 atom stereocenters. The van der Waals surface area contributed by atoms with Gasteiger partial charge in [0.15, 0.2) is 0 Å². The van der Waals surface area contributed by atoms with Gasteiger partial charge in [0.05, 0.1) is 12.7 Å². The van der Waals surface area contributed by atoms with E-state index in [0.29, 0.717) is 21.4 Å². The van der Waals surface area contributed by atoms with Crippen LogP contribution < -0.4 is 10.6 Å². The lowest BCUT2D eigenvalue weighted by Gasteiger charge is -2.10. The fourth-order valence-electron chi connectivity index (χ4n) is 3.41. The predicted molar refractivity (Wildman–Crippen MR) is 121 cm³/mol. The zero-order valence-electron chi connectivity index (χ0n) is 17.4. The van der Waals surface area contributed by atoms with Crippen molar-refractivity contribution in [3.63, 3.8) is 0 Å². The summed E-state index contributed by atoms with van der Waals surface area (Å²) in [6.07, 6.45) is 3.94. The molecule has 1 aliphatic carbocycles. The number of ether oxygens (including phenoxy) is 1. The summed E-state index contributed by atoms with van der Waals surface area (Å²) >= 11 is 3.15. The molecular formula is C22H26N2O4S2. The third kappa shape index (κ3) is 5.43. The lowest BCUT2D eigenvalue weighted by Crippen LogP contribution is -2.31. The van der Waals surface area contributed by atoms with Gasteiger partial charge in [0.25, 0.3) is 11.8 Å². The largest absolute Gasteiger partial charge is 0.453 e. The summed E-state index contributed by atoms with van der Waals surface area (Å²) in [7, 11) is 1.21. The topological polar surface area (TPSA) is 84.5 Å². The molecule has 6 nitrogen and oxygen atoms in total. The van der Waals surface area contributed by atoms with Gasteiger partial charge in [-0.2, -0.15) is 0 Å². The number of carbonyl (C=O) groups excluding carboxylic acids is 3. The molecule has 1 heterocycles. The molecule has 1 aliphatic rings. The Kier molecular flexibility index (Phi) is 7.55. The maximum atomic E-state index is 12.8. The molecule has 0 radical (unpaired) electrons. The SMILES string of the molecule is COC(=O)NC(=O)c1c(NC(=O)c2ccc(SC(C)C)cc2)sc2c1CCCCC2. The molecule has 0 bridgehead atoms. The van der Waals surface area contributed by atoms with E-state index < -0.39 is 12.0 Å². The van der Waals surface area contributed by atoms with Crippen LogP contribution in [0.3, 0.4) is 0 Å². The number of carbonyl (C=O) groups is 3. The number of thiophene rings is 1. The fourth-order valence-corrected chi connectivity index (χ4v) is 5.53. The lowest BCUT2D eigenvalue weighted by atomic mass is 10.0. The quantitative estimate of drug-likeness (QED) is 0.483. The van der Waals surface area contributed by atoms with E-state index in [1.807, 2.05) is 12.1 Å². The highest BCUT2D eigenvalue weighted by molar-refractivity contribution is 7.99. The minimum Gasteiger partial charge on any atom is -0.453 e. The summed E-state index contributed by atoms with van der Waals surface area (Å²) in [4.78, 5) is 39.4. The molecule has 0 saturated heterocycles. The Hall–Kier alpha value is -2.32. The van der Waals surface area contributed by atoms with Crippen LogP contribution in [0.5, 0.6) is 0 Å². The van der Waals surface area contributed by atoms with E-state index in [9.17, 15) is 14.4 Å². The molecule has 1 aromatic heterocycles. The van der Waals surface area contributed by atoms with Gasteiger partial charge in [0.1, 0.15) is 5.00 Å². The summed E-state index contributed by atoms with van der Waals surface area (Å²) in [5.74, 6) is -0.820. The molecule has 0 fully saturated rings. The third-order valence-electron chi connectivity index (χ3n) is 4.76. The van der Waals surface area contributed by atoms with E-state index in [4.69, 9.17) is 0 Å². The van der Waals surface area contributed by atoms with Gasteiger partial charge in [-0.3, -0.25) is 14.9 Å². The van der Waals surface area contributed by atoms with Crippen molar-refractivity contribution in [2.75, 3.05) is 12.4 Å². The molecular weight excluding hydrogens is 420 g/mol. The van der Waals surface area contributed by atoms with Crippen molar-refractivity contribution in [1.29, 1.82) is 0 Å². The van der Waals surface area contributed by atoms with Crippen molar-refractivity contribution in [2.24, 2.45) is 0 Å². The summed E-state index contributed by atoms with van der Waals surface area (Å²) in [6.45, 7) is 4.24. The Morgan fingerprint density at radius 3 is 2.40 bits per heavy atom. The minimum absolute atomic E-state index is 0.278. The molecule has 0 saturated carbocycles. The first kappa shape index (κ1) is 22.4. The predicted octanol–water partition coefficient (Wildman–Crippen LogP) is 5.27. The Labute approximate surface area is 184 Å². The molecule has 160 valence electrons. The van der Waals surface area contributed by atoms with Crippen molar-refractivity contribution >= 4 is 46.0 Å². The van der Waals surface area contributed by atoms with Crippen LogP contribution in [0.15, 0.2) is 29.2 Å². The van der Waals surface area contributed by atoms with E-state index >= 15 is 0 Å². The molecule has 1 aromatic carbocycles. The van der Waals surface area contributed by atoms with E-state index in [1.165, 1.54) is 18.4 Å². The number of rotatable bonds is 5. The number of nitrogens with one attached hydrogen (secondary N) is 2. The van der Waals surface area contributed by atoms with Gasteiger partial charge < -0.3 is 10.1 Å². The van der Waals surface area contributed by atoms with Crippen LogP contribution in [0.25, 0.3) is 0 Å². The molecule has 0 spiro atoms. The van der Waals surface area contributed by atoms with E-state index in [-0.39, 0.29) is 5.91 Å². The highest BCUT2D eigenvalue weighted by Crippen LogP contribution is 2.38. The molecule has 8 heteroatoms. The molecule has 30 heavy (non-hydrogen) atoms. The van der Waals surface area contributed by atoms with Crippen LogP contribution in [-0.4, -0.2) is 30.3 Å². The maximum Gasteiger partial charge on any atom is 0.413 e. The number of hydrogen-bond acceptors (Lipinski definition) is 6. The van der Waals surface area contributed by atoms with Crippen molar-refractivity contribution in [1.82, 2.24) is 5.32 Å². The Morgan fingerprint density at radius 2 is 1.73 bits per heavy atom. The van der Waals surface area contributed by atoms with Crippen LogP contribution in [0, 0.1) is 0 Å². The number of thioether (sulfide) groups is 1. The zero-order chi connectivity index (χ0) is 21.7. The number of amides is 3. The van der Waals surface area contributed by atoms with Crippen LogP contribution in [0.4, 0.5) is 9.80 Å². The van der Waals surface area contributed by atoms with Gasteiger partial charge in [0.2, 0.25) is 0 Å². The van der Waals surface area contributed by atoms with Crippen molar-refractivity contribution < 1.29 is 19.1 Å². The van der Waals surface area contributed by atoms with E-state index in [2.05, 4.69) is 29.2 Å². The Balaban J connectivity index is 1.86. The maximum absolute atomic E-state index is 12.8. The van der Waals surface area contributed by atoms with Gasteiger partial charge in [-0.25, -0.2) is 4.79 Å². The summed E-state index contributed by atoms with van der Waals surface area (Å²) < 4.78 is 4.56. The van der Waals surface area contributed by atoms with Crippen molar-refractivity contribution in [3.8, 4) is 0 Å². The van der Waals surface area contributed by atoms with Crippen LogP contribution in [0.1, 0.15) is 64.3 Å². The first-order valence-corrected chi connectivity index (χ1v) is 11.7. The molecule has 2 N–H and O–H groups in total. The monoisotopic (exact) mass is 446 g/mol. The molecule has 3 amide bonds. The lowest BCUT2D eigenvalue weighted by molar-refractivity contribution is 0.0937. The average molecular weight is 447 g/mol. The number of methoxy groups -OCH3 is 1. The van der Waals surface area contributed by atoms with Crippen LogP contribution in [-0.2, 0) is 17.6 Å². The van der Waals surface area contributed by atoms with Crippen LogP contribution in [0.2, 0.25) is 0 Å². The summed E-state index contributed by atoms with van der Waals surface area (Å²) in [6, 6.07) is 7.42. The van der Waals surface area contributed by atoms with Gasteiger partial charge in [-0.05, 0) is 55.5 Å². The smallest absolute Gasteiger partial charge is 0.413 e. The number of anilines is 1. The van der Waals surface area contributed by atoms with E-state index in [0.717, 1.165) is 47.4 Å². The highest BCUT2D eigenvalue weighted by atomic mass is 32.2. The zero-order valence-corrected chi connectivity index (χ0v) is 19.0. The first-order valence-electron chi connectivity index (χ1n) is 10.0. The number of imide groups is 1. The van der Waals surface area contributed by atoms with Crippen molar-refractivity contribution in [2.45, 2.75) is 56.1 Å². The van der Waals surface area contributed by atoms with Gasteiger partial charge >= 0.3 is 6.09 Å². The molecule has 0 unspecified atom stereocenters. The Bertz CT molecular complexity index is 935. The van der Waals surface area contributed by atoms with Crippen molar-refractivity contribution in [3.05, 3.63) is 45.8 Å². The summed E-state index contributed by atoms with van der Waals surface area (Å²) in [5.41, 5.74) is 1.83. The molecule has 3 rings (SSSR count). The number of hydrogen-bond donors (Lipinski definition) is 2. The Morgan fingerprint density at radius 1 is 1.03 bits per heavy atom. The second-order valence-corrected chi connectivity index (χ2v) is 10.1. The second kappa shape index (κ2) is 10.1. The number of benzene rings is 1. The fraction of sp³-hybridized carbons (Fsp3) is 0.409. The minimum atomic E-state index is -0.816. The van der Waals surface area contributed by atoms with Gasteiger partial charge in [-0.1, -0.05) is 20.3 Å².